The molecule has 2 heterocycles. The van der Waals surface area contributed by atoms with Gasteiger partial charge in [0.25, 0.3) is 11.5 Å². The van der Waals surface area contributed by atoms with Crippen LogP contribution >= 0.6 is 0 Å². The number of aromatic nitrogens is 1. The molecule has 1 fully saturated rings. The first-order valence-corrected chi connectivity index (χ1v) is 7.73. The molecule has 0 spiro atoms. The molecule has 2 aromatic rings. The molecule has 0 saturated carbocycles. The van der Waals surface area contributed by atoms with Crippen molar-refractivity contribution in [2.45, 2.75) is 19.8 Å². The van der Waals surface area contributed by atoms with Crippen LogP contribution in [0.4, 0.5) is 0 Å². The number of carbonyl (C=O) groups excluding carboxylic acids is 1. The molecule has 1 saturated heterocycles. The van der Waals surface area contributed by atoms with Gasteiger partial charge in [0.15, 0.2) is 0 Å². The van der Waals surface area contributed by atoms with E-state index in [0.29, 0.717) is 11.5 Å². The molecule has 3 rings (SSSR count). The van der Waals surface area contributed by atoms with Gasteiger partial charge in [-0.2, -0.15) is 0 Å². The fourth-order valence-corrected chi connectivity index (χ4v) is 3.08. The van der Waals surface area contributed by atoms with E-state index < -0.39 is 0 Å². The second kappa shape index (κ2) is 6.18. The van der Waals surface area contributed by atoms with Gasteiger partial charge < -0.3 is 9.88 Å². The fourth-order valence-electron chi connectivity index (χ4n) is 3.08. The summed E-state index contributed by atoms with van der Waals surface area (Å²) in [5.41, 5.74) is 1.53. The maximum atomic E-state index is 12.9. The van der Waals surface area contributed by atoms with Crippen LogP contribution < -0.4 is 5.56 Å². The van der Waals surface area contributed by atoms with E-state index in [9.17, 15) is 9.59 Å². The van der Waals surface area contributed by atoms with Gasteiger partial charge in [0.1, 0.15) is 5.56 Å². The Morgan fingerprint density at radius 3 is 2.73 bits per heavy atom. The molecule has 1 N–H and O–H groups in total. The number of aromatic amines is 1. The molecular formula is C18H20N2O2. The van der Waals surface area contributed by atoms with Crippen LogP contribution in [-0.4, -0.2) is 28.9 Å². The van der Waals surface area contributed by atoms with E-state index >= 15 is 0 Å². The minimum absolute atomic E-state index is 0.160. The molecular weight excluding hydrogens is 276 g/mol. The van der Waals surface area contributed by atoms with Gasteiger partial charge >= 0.3 is 0 Å². The van der Waals surface area contributed by atoms with Gasteiger partial charge in [-0.25, -0.2) is 0 Å². The summed E-state index contributed by atoms with van der Waals surface area (Å²) in [7, 11) is 0. The zero-order chi connectivity index (χ0) is 15.5. The lowest BCUT2D eigenvalue weighted by molar-refractivity contribution is 0.0682. The van der Waals surface area contributed by atoms with Crippen molar-refractivity contribution in [3.63, 3.8) is 0 Å². The third-order valence-corrected chi connectivity index (χ3v) is 4.20. The lowest BCUT2D eigenvalue weighted by Crippen LogP contribution is -2.41. The van der Waals surface area contributed by atoms with E-state index in [1.54, 1.807) is 12.3 Å². The Kier molecular flexibility index (Phi) is 4.09. The molecule has 1 aliphatic heterocycles. The van der Waals surface area contributed by atoms with E-state index in [0.717, 1.165) is 31.5 Å². The highest BCUT2D eigenvalue weighted by Gasteiger charge is 2.26. The largest absolute Gasteiger partial charge is 0.338 e. The van der Waals surface area contributed by atoms with Crippen molar-refractivity contribution < 1.29 is 4.79 Å². The van der Waals surface area contributed by atoms with Gasteiger partial charge in [-0.1, -0.05) is 37.3 Å². The highest BCUT2D eigenvalue weighted by molar-refractivity contribution is 6.00. The third kappa shape index (κ3) is 2.82. The average molecular weight is 296 g/mol. The molecule has 114 valence electrons. The summed E-state index contributed by atoms with van der Waals surface area (Å²) in [6, 6.07) is 11.4. The summed E-state index contributed by atoms with van der Waals surface area (Å²) in [5.74, 6) is 0.327. The minimum Gasteiger partial charge on any atom is -0.338 e. The number of hydrogen-bond donors (Lipinski definition) is 1. The lowest BCUT2D eigenvalue weighted by Gasteiger charge is -2.31. The van der Waals surface area contributed by atoms with Crippen LogP contribution in [0.1, 0.15) is 30.1 Å². The van der Waals surface area contributed by atoms with Crippen molar-refractivity contribution in [3.8, 4) is 11.1 Å². The first-order chi connectivity index (χ1) is 10.7. The number of benzene rings is 1. The van der Waals surface area contributed by atoms with Crippen LogP contribution in [-0.2, 0) is 0 Å². The topological polar surface area (TPSA) is 53.2 Å². The van der Waals surface area contributed by atoms with Crippen LogP contribution in [0.25, 0.3) is 11.1 Å². The number of amides is 1. The second-order valence-electron chi connectivity index (χ2n) is 5.96. The SMILES string of the molecule is CC1CCCN(C(=O)c2c(-c3ccccc3)cc[nH]c2=O)C1. The minimum atomic E-state index is -0.315. The first kappa shape index (κ1) is 14.6. The quantitative estimate of drug-likeness (QED) is 0.926. The molecule has 22 heavy (non-hydrogen) atoms. The van der Waals surface area contributed by atoms with Crippen LogP contribution in [0.5, 0.6) is 0 Å². The lowest BCUT2D eigenvalue weighted by atomic mass is 9.97. The fraction of sp³-hybridized carbons (Fsp3) is 0.333. The Labute approximate surface area is 129 Å². The molecule has 1 unspecified atom stereocenters. The van der Waals surface area contributed by atoms with E-state index in [1.807, 2.05) is 35.2 Å². The predicted molar refractivity (Wildman–Crippen MR) is 86.8 cm³/mol. The van der Waals surface area contributed by atoms with Crippen molar-refractivity contribution in [3.05, 3.63) is 58.5 Å². The normalized spacial score (nSPS) is 18.2. The summed E-state index contributed by atoms with van der Waals surface area (Å²) in [6.45, 7) is 3.60. The number of H-pyrrole nitrogens is 1. The van der Waals surface area contributed by atoms with E-state index in [-0.39, 0.29) is 17.0 Å². The Morgan fingerprint density at radius 2 is 2.00 bits per heavy atom. The maximum absolute atomic E-state index is 12.9. The molecule has 0 aliphatic carbocycles. The van der Waals surface area contributed by atoms with Gasteiger partial charge in [-0.15, -0.1) is 0 Å². The zero-order valence-corrected chi connectivity index (χ0v) is 12.7. The molecule has 0 bridgehead atoms. The molecule has 0 radical (unpaired) electrons. The molecule has 4 heteroatoms. The number of carbonyl (C=O) groups is 1. The molecule has 1 aromatic carbocycles. The van der Waals surface area contributed by atoms with Gasteiger partial charge in [0.2, 0.25) is 0 Å². The van der Waals surface area contributed by atoms with Gasteiger partial charge in [0, 0.05) is 24.8 Å². The van der Waals surface area contributed by atoms with Crippen LogP contribution in [0.2, 0.25) is 0 Å². The molecule has 1 aromatic heterocycles. The Hall–Kier alpha value is -2.36. The highest BCUT2D eigenvalue weighted by atomic mass is 16.2. The van der Waals surface area contributed by atoms with Gasteiger partial charge in [0.05, 0.1) is 0 Å². The summed E-state index contributed by atoms with van der Waals surface area (Å²) in [4.78, 5) is 29.6. The summed E-state index contributed by atoms with van der Waals surface area (Å²) in [6.07, 6.45) is 3.74. The number of nitrogens with one attached hydrogen (secondary N) is 1. The molecule has 1 aliphatic rings. The summed E-state index contributed by atoms with van der Waals surface area (Å²) >= 11 is 0. The first-order valence-electron chi connectivity index (χ1n) is 7.73. The van der Waals surface area contributed by atoms with Crippen LogP contribution in [0.3, 0.4) is 0 Å². The van der Waals surface area contributed by atoms with Crippen molar-refractivity contribution in [2.24, 2.45) is 5.92 Å². The number of pyridine rings is 1. The number of rotatable bonds is 2. The Balaban J connectivity index is 2.03. The Bertz CT molecular complexity index is 721. The molecule has 1 atom stereocenters. The van der Waals surface area contributed by atoms with Crippen molar-refractivity contribution in [1.29, 1.82) is 0 Å². The number of likely N-dealkylation sites (tertiary alicyclic amines) is 1. The number of nitrogens with zero attached hydrogens (tertiary/aromatic N) is 1. The van der Waals surface area contributed by atoms with Gasteiger partial charge in [-0.05, 0) is 30.4 Å². The summed E-state index contributed by atoms with van der Waals surface area (Å²) in [5, 5.41) is 0. The zero-order valence-electron chi connectivity index (χ0n) is 12.7. The summed E-state index contributed by atoms with van der Waals surface area (Å²) < 4.78 is 0. The monoisotopic (exact) mass is 296 g/mol. The predicted octanol–water partition coefficient (Wildman–Crippen LogP) is 2.91. The van der Waals surface area contributed by atoms with Crippen molar-refractivity contribution in [2.75, 3.05) is 13.1 Å². The average Bonchev–Trinajstić information content (AvgIpc) is 2.55. The Morgan fingerprint density at radius 1 is 1.23 bits per heavy atom. The number of piperidine rings is 1. The highest BCUT2D eigenvalue weighted by Crippen LogP contribution is 2.24. The smallest absolute Gasteiger partial charge is 0.261 e. The van der Waals surface area contributed by atoms with Gasteiger partial charge in [-0.3, -0.25) is 9.59 Å². The van der Waals surface area contributed by atoms with Crippen LogP contribution in [0, 0.1) is 5.92 Å². The van der Waals surface area contributed by atoms with E-state index in [4.69, 9.17) is 0 Å². The number of hydrogen-bond acceptors (Lipinski definition) is 2. The van der Waals surface area contributed by atoms with E-state index in [2.05, 4.69) is 11.9 Å². The van der Waals surface area contributed by atoms with E-state index in [1.165, 1.54) is 0 Å². The molecule has 1 amide bonds. The maximum Gasteiger partial charge on any atom is 0.261 e. The van der Waals surface area contributed by atoms with Crippen LogP contribution in [0.15, 0.2) is 47.4 Å². The third-order valence-electron chi connectivity index (χ3n) is 4.20. The van der Waals surface area contributed by atoms with Crippen molar-refractivity contribution >= 4 is 5.91 Å². The standard InChI is InChI=1S/C18H20N2O2/c1-13-6-5-11-20(12-13)18(22)16-15(9-10-19-17(16)21)14-7-3-2-4-8-14/h2-4,7-10,13H,5-6,11-12H2,1H3,(H,19,21). The van der Waals surface area contributed by atoms with Crippen molar-refractivity contribution in [1.82, 2.24) is 9.88 Å². The second-order valence-corrected chi connectivity index (χ2v) is 5.96. The molecule has 4 nitrogen and oxygen atoms in total.